The second-order valence-electron chi connectivity index (χ2n) is 7.28. The zero-order valence-corrected chi connectivity index (χ0v) is 16.2. The second-order valence-corrected chi connectivity index (χ2v) is 7.28. The highest BCUT2D eigenvalue weighted by Crippen LogP contribution is 2.23. The molecule has 0 radical (unpaired) electrons. The van der Waals surface area contributed by atoms with Crippen LogP contribution in [0.4, 0.5) is 4.39 Å². The lowest BCUT2D eigenvalue weighted by atomic mass is 10.1. The van der Waals surface area contributed by atoms with Crippen molar-refractivity contribution in [3.8, 4) is 0 Å². The van der Waals surface area contributed by atoms with Crippen molar-refractivity contribution >= 4 is 10.9 Å². The standard InChI is InChI=1S/C25H25FN2/c1-19-6-2-3-7-21(19)17-28-18-22(24-8-4-5-9-25(24)28)16-27-15-14-20-10-12-23(26)13-11-20/h2-13,18,27H,14-17H2,1H3. The van der Waals surface area contributed by atoms with E-state index >= 15 is 0 Å². The van der Waals surface area contributed by atoms with Crippen LogP contribution in [0.3, 0.4) is 0 Å². The van der Waals surface area contributed by atoms with E-state index < -0.39 is 0 Å². The van der Waals surface area contributed by atoms with Crippen LogP contribution in [0.1, 0.15) is 22.3 Å². The number of halogens is 1. The molecule has 0 amide bonds. The van der Waals surface area contributed by atoms with E-state index in [1.165, 1.54) is 39.7 Å². The molecule has 4 aromatic rings. The minimum Gasteiger partial charge on any atom is -0.343 e. The number of fused-ring (bicyclic) bond motifs is 1. The molecular formula is C25H25FN2. The number of aryl methyl sites for hydroxylation is 1. The number of nitrogens with zero attached hydrogens (tertiary/aromatic N) is 1. The number of rotatable bonds is 7. The number of hydrogen-bond acceptors (Lipinski definition) is 1. The minimum atomic E-state index is -0.182. The number of nitrogens with one attached hydrogen (secondary N) is 1. The Bertz CT molecular complexity index is 1060. The predicted molar refractivity (Wildman–Crippen MR) is 114 cm³/mol. The van der Waals surface area contributed by atoms with Crippen molar-refractivity contribution in [2.45, 2.75) is 26.4 Å². The van der Waals surface area contributed by atoms with Gasteiger partial charge in [-0.3, -0.25) is 0 Å². The van der Waals surface area contributed by atoms with Crippen LogP contribution in [0.5, 0.6) is 0 Å². The van der Waals surface area contributed by atoms with Crippen molar-refractivity contribution in [1.82, 2.24) is 9.88 Å². The normalized spacial score (nSPS) is 11.2. The van der Waals surface area contributed by atoms with Gasteiger partial charge >= 0.3 is 0 Å². The highest BCUT2D eigenvalue weighted by atomic mass is 19.1. The summed E-state index contributed by atoms with van der Waals surface area (Å²) in [6.07, 6.45) is 3.16. The summed E-state index contributed by atoms with van der Waals surface area (Å²) in [5, 5.41) is 4.84. The first-order valence-electron chi connectivity index (χ1n) is 9.77. The lowest BCUT2D eigenvalue weighted by Crippen LogP contribution is -2.16. The van der Waals surface area contributed by atoms with Crippen LogP contribution in [0.15, 0.2) is 79.0 Å². The molecule has 1 aromatic heterocycles. The monoisotopic (exact) mass is 372 g/mol. The molecule has 0 aliphatic heterocycles. The van der Waals surface area contributed by atoms with Gasteiger partial charge in [-0.1, -0.05) is 54.6 Å². The van der Waals surface area contributed by atoms with E-state index in [9.17, 15) is 4.39 Å². The molecule has 0 spiro atoms. The maximum atomic E-state index is 13.0. The third kappa shape index (κ3) is 4.15. The van der Waals surface area contributed by atoms with E-state index in [-0.39, 0.29) is 5.82 Å². The Morgan fingerprint density at radius 1 is 0.857 bits per heavy atom. The highest BCUT2D eigenvalue weighted by Gasteiger charge is 2.09. The average Bonchev–Trinajstić information content (AvgIpc) is 3.06. The van der Waals surface area contributed by atoms with E-state index in [2.05, 4.69) is 71.5 Å². The Morgan fingerprint density at radius 3 is 2.43 bits per heavy atom. The van der Waals surface area contributed by atoms with Crippen LogP contribution in [0.2, 0.25) is 0 Å². The summed E-state index contributed by atoms with van der Waals surface area (Å²) in [6.45, 7) is 4.73. The van der Waals surface area contributed by atoms with E-state index in [1.54, 1.807) is 0 Å². The van der Waals surface area contributed by atoms with E-state index in [0.29, 0.717) is 0 Å². The molecule has 3 heteroatoms. The lowest BCUT2D eigenvalue weighted by molar-refractivity contribution is 0.626. The first-order chi connectivity index (χ1) is 13.7. The Labute approximate surface area is 165 Å². The third-order valence-electron chi connectivity index (χ3n) is 5.29. The molecule has 1 N–H and O–H groups in total. The fraction of sp³-hybridized carbons (Fsp3) is 0.200. The molecule has 0 aliphatic carbocycles. The molecule has 0 saturated carbocycles. The second kappa shape index (κ2) is 8.41. The van der Waals surface area contributed by atoms with Gasteiger partial charge in [0, 0.05) is 30.2 Å². The number of hydrogen-bond donors (Lipinski definition) is 1. The van der Waals surface area contributed by atoms with E-state index in [1.807, 2.05) is 12.1 Å². The van der Waals surface area contributed by atoms with Crippen molar-refractivity contribution in [3.63, 3.8) is 0 Å². The molecule has 0 aliphatic rings. The Balaban J connectivity index is 1.46. The van der Waals surface area contributed by atoms with Gasteiger partial charge in [-0.15, -0.1) is 0 Å². The fourth-order valence-electron chi connectivity index (χ4n) is 3.67. The van der Waals surface area contributed by atoms with Crippen molar-refractivity contribution < 1.29 is 4.39 Å². The van der Waals surface area contributed by atoms with Crippen molar-refractivity contribution in [2.24, 2.45) is 0 Å². The topological polar surface area (TPSA) is 17.0 Å². The summed E-state index contributed by atoms with van der Waals surface area (Å²) in [6, 6.07) is 23.9. The predicted octanol–water partition coefficient (Wildman–Crippen LogP) is 5.47. The summed E-state index contributed by atoms with van der Waals surface area (Å²) in [4.78, 5) is 0. The van der Waals surface area contributed by atoms with Crippen LogP contribution >= 0.6 is 0 Å². The van der Waals surface area contributed by atoms with Gasteiger partial charge in [0.2, 0.25) is 0 Å². The van der Waals surface area contributed by atoms with Gasteiger partial charge in [0.15, 0.2) is 0 Å². The molecule has 1 heterocycles. The van der Waals surface area contributed by atoms with Crippen LogP contribution in [-0.2, 0) is 19.5 Å². The Hall–Kier alpha value is -2.91. The largest absolute Gasteiger partial charge is 0.343 e. The molecule has 28 heavy (non-hydrogen) atoms. The Kier molecular flexibility index (Phi) is 5.54. The smallest absolute Gasteiger partial charge is 0.123 e. The molecule has 0 saturated heterocycles. The zero-order chi connectivity index (χ0) is 19.3. The zero-order valence-electron chi connectivity index (χ0n) is 16.2. The molecule has 0 atom stereocenters. The van der Waals surface area contributed by atoms with Crippen LogP contribution in [0.25, 0.3) is 10.9 Å². The maximum absolute atomic E-state index is 13.0. The van der Waals surface area contributed by atoms with Gasteiger partial charge in [-0.2, -0.15) is 0 Å². The van der Waals surface area contributed by atoms with Gasteiger partial charge in [0.05, 0.1) is 0 Å². The van der Waals surface area contributed by atoms with Gasteiger partial charge in [-0.05, 0) is 60.3 Å². The SMILES string of the molecule is Cc1ccccc1Cn1cc(CNCCc2ccc(F)cc2)c2ccccc21. The highest BCUT2D eigenvalue weighted by molar-refractivity contribution is 5.84. The quantitative estimate of drug-likeness (QED) is 0.426. The first kappa shape index (κ1) is 18.5. The van der Waals surface area contributed by atoms with Crippen molar-refractivity contribution in [1.29, 1.82) is 0 Å². The summed E-state index contributed by atoms with van der Waals surface area (Å²) in [7, 11) is 0. The van der Waals surface area contributed by atoms with Gasteiger partial charge in [-0.25, -0.2) is 4.39 Å². The maximum Gasteiger partial charge on any atom is 0.123 e. The first-order valence-corrected chi connectivity index (χ1v) is 9.77. The van der Waals surface area contributed by atoms with Crippen LogP contribution < -0.4 is 5.32 Å². The molecular weight excluding hydrogens is 347 g/mol. The molecule has 3 aromatic carbocycles. The third-order valence-corrected chi connectivity index (χ3v) is 5.29. The van der Waals surface area contributed by atoms with Crippen molar-refractivity contribution in [2.75, 3.05) is 6.54 Å². The molecule has 0 unspecified atom stereocenters. The number of benzene rings is 3. The minimum absolute atomic E-state index is 0.182. The molecule has 142 valence electrons. The Morgan fingerprint density at radius 2 is 1.61 bits per heavy atom. The summed E-state index contributed by atoms with van der Waals surface area (Å²) in [5.74, 6) is -0.182. The summed E-state index contributed by atoms with van der Waals surface area (Å²) in [5.41, 5.74) is 6.39. The van der Waals surface area contributed by atoms with Gasteiger partial charge in [0.25, 0.3) is 0 Å². The lowest BCUT2D eigenvalue weighted by Gasteiger charge is -2.08. The summed E-state index contributed by atoms with van der Waals surface area (Å²) < 4.78 is 15.4. The molecule has 4 rings (SSSR count). The number of aromatic nitrogens is 1. The fourth-order valence-corrected chi connectivity index (χ4v) is 3.67. The summed E-state index contributed by atoms with van der Waals surface area (Å²) >= 11 is 0. The molecule has 0 fully saturated rings. The molecule has 2 nitrogen and oxygen atoms in total. The van der Waals surface area contributed by atoms with Gasteiger partial charge in [0.1, 0.15) is 5.82 Å². The number of para-hydroxylation sites is 1. The average molecular weight is 372 g/mol. The van der Waals surface area contributed by atoms with Gasteiger partial charge < -0.3 is 9.88 Å². The van der Waals surface area contributed by atoms with Crippen LogP contribution in [-0.4, -0.2) is 11.1 Å². The van der Waals surface area contributed by atoms with E-state index in [4.69, 9.17) is 0 Å². The van der Waals surface area contributed by atoms with Crippen LogP contribution in [0, 0.1) is 12.7 Å². The van der Waals surface area contributed by atoms with Crippen molar-refractivity contribution in [3.05, 3.63) is 107 Å². The molecule has 0 bridgehead atoms. The van der Waals surface area contributed by atoms with E-state index in [0.717, 1.165) is 31.6 Å².